The van der Waals surface area contributed by atoms with E-state index in [1.165, 1.54) is 0 Å². The SMILES string of the molecule is CCCCC(CC)OC(=O)c1ccc(C(=O)OCC)cc1. The first-order valence-corrected chi connectivity index (χ1v) is 7.60. The summed E-state index contributed by atoms with van der Waals surface area (Å²) in [5.74, 6) is -0.722. The molecule has 1 rings (SSSR count). The third-order valence-electron chi connectivity index (χ3n) is 3.24. The summed E-state index contributed by atoms with van der Waals surface area (Å²) < 4.78 is 10.4. The molecule has 0 aromatic heterocycles. The molecule has 1 aromatic rings. The molecule has 4 heteroatoms. The number of ether oxygens (including phenoxy) is 2. The maximum Gasteiger partial charge on any atom is 0.338 e. The summed E-state index contributed by atoms with van der Waals surface area (Å²) in [6.07, 6.45) is 3.80. The van der Waals surface area contributed by atoms with Crippen LogP contribution in [0.25, 0.3) is 0 Å². The van der Waals surface area contributed by atoms with E-state index < -0.39 is 0 Å². The Balaban J connectivity index is 2.64. The largest absolute Gasteiger partial charge is 0.462 e. The second-order valence-corrected chi connectivity index (χ2v) is 4.88. The minimum Gasteiger partial charge on any atom is -0.462 e. The molecule has 0 spiro atoms. The van der Waals surface area contributed by atoms with Crippen LogP contribution in [0.3, 0.4) is 0 Å². The van der Waals surface area contributed by atoms with Crippen molar-refractivity contribution in [3.05, 3.63) is 35.4 Å². The zero-order valence-electron chi connectivity index (χ0n) is 13.1. The van der Waals surface area contributed by atoms with Gasteiger partial charge in [0.15, 0.2) is 0 Å². The molecule has 1 unspecified atom stereocenters. The Labute approximate surface area is 126 Å². The van der Waals surface area contributed by atoms with Gasteiger partial charge >= 0.3 is 11.9 Å². The van der Waals surface area contributed by atoms with E-state index in [-0.39, 0.29) is 18.0 Å². The molecule has 0 fully saturated rings. The van der Waals surface area contributed by atoms with Gasteiger partial charge in [-0.15, -0.1) is 0 Å². The van der Waals surface area contributed by atoms with Crippen LogP contribution in [0.5, 0.6) is 0 Å². The molecule has 21 heavy (non-hydrogen) atoms. The van der Waals surface area contributed by atoms with Gasteiger partial charge in [-0.2, -0.15) is 0 Å². The van der Waals surface area contributed by atoms with Gasteiger partial charge in [0.25, 0.3) is 0 Å². The van der Waals surface area contributed by atoms with Crippen molar-refractivity contribution in [2.75, 3.05) is 6.61 Å². The van der Waals surface area contributed by atoms with Crippen molar-refractivity contribution < 1.29 is 19.1 Å². The number of carbonyl (C=O) groups excluding carboxylic acids is 2. The van der Waals surface area contributed by atoms with Crippen LogP contribution >= 0.6 is 0 Å². The van der Waals surface area contributed by atoms with Crippen molar-refractivity contribution in [1.29, 1.82) is 0 Å². The molecule has 1 aromatic carbocycles. The molecule has 0 bridgehead atoms. The molecule has 116 valence electrons. The van der Waals surface area contributed by atoms with Gasteiger partial charge in [-0.25, -0.2) is 9.59 Å². The van der Waals surface area contributed by atoms with E-state index in [9.17, 15) is 9.59 Å². The molecule has 4 nitrogen and oxygen atoms in total. The molecule has 0 aliphatic heterocycles. The van der Waals surface area contributed by atoms with Crippen LogP contribution in [0.15, 0.2) is 24.3 Å². The van der Waals surface area contributed by atoms with Crippen LogP contribution in [-0.2, 0) is 9.47 Å². The van der Waals surface area contributed by atoms with E-state index in [0.29, 0.717) is 17.7 Å². The standard InChI is InChI=1S/C17H24O4/c1-4-7-8-15(5-2)21-17(19)14-11-9-13(10-12-14)16(18)20-6-3/h9-12,15H,4-8H2,1-3H3. The zero-order chi connectivity index (χ0) is 15.7. The third-order valence-corrected chi connectivity index (χ3v) is 3.24. The first-order chi connectivity index (χ1) is 10.1. The van der Waals surface area contributed by atoms with Gasteiger partial charge in [-0.3, -0.25) is 0 Å². The van der Waals surface area contributed by atoms with E-state index in [0.717, 1.165) is 25.7 Å². The maximum absolute atomic E-state index is 12.0. The number of hydrogen-bond acceptors (Lipinski definition) is 4. The Bertz CT molecular complexity index is 450. The van der Waals surface area contributed by atoms with Crippen LogP contribution in [-0.4, -0.2) is 24.6 Å². The van der Waals surface area contributed by atoms with Gasteiger partial charge in [0.2, 0.25) is 0 Å². The molecule has 0 heterocycles. The fraction of sp³-hybridized carbons (Fsp3) is 0.529. The number of benzene rings is 1. The topological polar surface area (TPSA) is 52.6 Å². The van der Waals surface area contributed by atoms with Gasteiger partial charge < -0.3 is 9.47 Å². The summed E-state index contributed by atoms with van der Waals surface area (Å²) in [5, 5.41) is 0. The summed E-state index contributed by atoms with van der Waals surface area (Å²) in [5.41, 5.74) is 0.893. The molecule has 0 amide bonds. The molecule has 0 radical (unpaired) electrons. The summed E-state index contributed by atoms with van der Waals surface area (Å²) in [4.78, 5) is 23.6. The van der Waals surface area contributed by atoms with E-state index >= 15 is 0 Å². The normalized spacial score (nSPS) is 11.8. The Morgan fingerprint density at radius 1 is 1.00 bits per heavy atom. The number of rotatable bonds is 8. The van der Waals surface area contributed by atoms with Crippen molar-refractivity contribution in [3.8, 4) is 0 Å². The van der Waals surface area contributed by atoms with Gasteiger partial charge in [-0.1, -0.05) is 26.7 Å². The molecular weight excluding hydrogens is 268 g/mol. The highest BCUT2D eigenvalue weighted by atomic mass is 16.5. The number of unbranched alkanes of at least 4 members (excludes halogenated alkanes) is 1. The van der Waals surface area contributed by atoms with Crippen LogP contribution < -0.4 is 0 Å². The number of carbonyl (C=O) groups is 2. The summed E-state index contributed by atoms with van der Waals surface area (Å²) in [6.45, 7) is 6.21. The second kappa shape index (κ2) is 9.16. The van der Waals surface area contributed by atoms with Crippen LogP contribution in [0.4, 0.5) is 0 Å². The zero-order valence-corrected chi connectivity index (χ0v) is 13.1. The average molecular weight is 292 g/mol. The van der Waals surface area contributed by atoms with E-state index in [1.54, 1.807) is 31.2 Å². The van der Waals surface area contributed by atoms with E-state index in [4.69, 9.17) is 9.47 Å². The first kappa shape index (κ1) is 17.2. The van der Waals surface area contributed by atoms with Crippen molar-refractivity contribution in [2.45, 2.75) is 52.6 Å². The third kappa shape index (κ3) is 5.58. The summed E-state index contributed by atoms with van der Waals surface area (Å²) >= 11 is 0. The second-order valence-electron chi connectivity index (χ2n) is 4.88. The number of hydrogen-bond donors (Lipinski definition) is 0. The molecule has 0 aliphatic carbocycles. The molecule has 0 aliphatic rings. The molecule has 0 saturated heterocycles. The quantitative estimate of drug-likeness (QED) is 0.680. The first-order valence-electron chi connectivity index (χ1n) is 7.60. The minimum absolute atomic E-state index is 0.0396. The predicted molar refractivity (Wildman–Crippen MR) is 81.4 cm³/mol. The number of esters is 2. The van der Waals surface area contributed by atoms with Crippen LogP contribution in [0.2, 0.25) is 0 Å². The molecule has 1 atom stereocenters. The van der Waals surface area contributed by atoms with Crippen LogP contribution in [0, 0.1) is 0 Å². The highest BCUT2D eigenvalue weighted by molar-refractivity contribution is 5.93. The Morgan fingerprint density at radius 2 is 1.57 bits per heavy atom. The van der Waals surface area contributed by atoms with Crippen molar-refractivity contribution >= 4 is 11.9 Å². The van der Waals surface area contributed by atoms with Gasteiger partial charge in [0.05, 0.1) is 17.7 Å². The Hall–Kier alpha value is -1.84. The minimum atomic E-state index is -0.383. The summed E-state index contributed by atoms with van der Waals surface area (Å²) in [6, 6.07) is 6.37. The molecule has 0 saturated carbocycles. The fourth-order valence-corrected chi connectivity index (χ4v) is 1.95. The molecule has 0 N–H and O–H groups in total. The van der Waals surface area contributed by atoms with E-state index in [1.807, 2.05) is 6.92 Å². The lowest BCUT2D eigenvalue weighted by Gasteiger charge is -2.15. The Kier molecular flexibility index (Phi) is 7.51. The van der Waals surface area contributed by atoms with Crippen LogP contribution in [0.1, 0.15) is 67.2 Å². The lowest BCUT2D eigenvalue weighted by molar-refractivity contribution is 0.0267. The van der Waals surface area contributed by atoms with E-state index in [2.05, 4.69) is 6.92 Å². The lowest BCUT2D eigenvalue weighted by atomic mass is 10.1. The van der Waals surface area contributed by atoms with Crippen molar-refractivity contribution in [1.82, 2.24) is 0 Å². The van der Waals surface area contributed by atoms with Crippen molar-refractivity contribution in [2.24, 2.45) is 0 Å². The Morgan fingerprint density at radius 3 is 2.05 bits per heavy atom. The average Bonchev–Trinajstić information content (AvgIpc) is 2.51. The molecular formula is C17H24O4. The smallest absolute Gasteiger partial charge is 0.338 e. The highest BCUT2D eigenvalue weighted by Crippen LogP contribution is 2.13. The monoisotopic (exact) mass is 292 g/mol. The van der Waals surface area contributed by atoms with Crippen molar-refractivity contribution in [3.63, 3.8) is 0 Å². The maximum atomic E-state index is 12.0. The summed E-state index contributed by atoms with van der Waals surface area (Å²) in [7, 11) is 0. The lowest BCUT2D eigenvalue weighted by Crippen LogP contribution is -2.17. The highest BCUT2D eigenvalue weighted by Gasteiger charge is 2.15. The predicted octanol–water partition coefficient (Wildman–Crippen LogP) is 3.99. The van der Waals surface area contributed by atoms with Gasteiger partial charge in [0, 0.05) is 0 Å². The van der Waals surface area contributed by atoms with Gasteiger partial charge in [0.1, 0.15) is 6.10 Å². The van der Waals surface area contributed by atoms with Gasteiger partial charge in [-0.05, 0) is 44.0 Å². The fourth-order valence-electron chi connectivity index (χ4n) is 1.95.